The van der Waals surface area contributed by atoms with Crippen molar-refractivity contribution in [3.05, 3.63) is 23.0 Å². The van der Waals surface area contributed by atoms with E-state index in [1.54, 1.807) is 12.3 Å². The Morgan fingerprint density at radius 2 is 2.32 bits per heavy atom. The van der Waals surface area contributed by atoms with Gasteiger partial charge in [0.1, 0.15) is 5.69 Å². The normalized spacial score (nSPS) is 23.0. The average molecular weight is 285 g/mol. The number of aliphatic hydroxyl groups excluding tert-OH is 1. The molecule has 106 valence electrons. The molecule has 19 heavy (non-hydrogen) atoms. The smallest absolute Gasteiger partial charge is 0.267 e. The number of halogens is 1. The van der Waals surface area contributed by atoms with Gasteiger partial charge in [-0.25, -0.2) is 0 Å². The van der Waals surface area contributed by atoms with Crippen molar-refractivity contribution in [2.45, 2.75) is 45.3 Å². The van der Waals surface area contributed by atoms with Crippen LogP contribution in [0.1, 0.15) is 49.6 Å². The van der Waals surface area contributed by atoms with Crippen molar-refractivity contribution >= 4 is 17.5 Å². The summed E-state index contributed by atoms with van der Waals surface area (Å²) in [7, 11) is 0. The number of nitrogens with zero attached hydrogens (tertiary/aromatic N) is 1. The Morgan fingerprint density at radius 1 is 1.58 bits per heavy atom. The van der Waals surface area contributed by atoms with Crippen LogP contribution in [0, 0.1) is 5.92 Å². The highest BCUT2D eigenvalue weighted by molar-refractivity contribution is 6.31. The molecule has 4 nitrogen and oxygen atoms in total. The molecule has 1 aromatic heterocycles. The summed E-state index contributed by atoms with van der Waals surface area (Å²) in [6, 6.07) is 1.89. The van der Waals surface area contributed by atoms with Crippen molar-refractivity contribution in [1.29, 1.82) is 0 Å². The lowest BCUT2D eigenvalue weighted by atomic mass is 10.1. The molecule has 2 atom stereocenters. The maximum absolute atomic E-state index is 12.2. The average Bonchev–Trinajstić information content (AvgIpc) is 2.92. The van der Waals surface area contributed by atoms with Crippen molar-refractivity contribution in [3.8, 4) is 0 Å². The molecule has 0 aromatic carbocycles. The number of aliphatic hydroxyl groups is 1. The number of carbonyl (C=O) groups is 1. The maximum atomic E-state index is 12.2. The van der Waals surface area contributed by atoms with Gasteiger partial charge in [0.2, 0.25) is 0 Å². The van der Waals surface area contributed by atoms with Crippen molar-refractivity contribution in [1.82, 2.24) is 9.88 Å². The molecule has 1 aromatic rings. The second-order valence-corrected chi connectivity index (χ2v) is 6.02. The minimum absolute atomic E-state index is 0.0954. The summed E-state index contributed by atoms with van der Waals surface area (Å²) >= 11 is 5.97. The van der Waals surface area contributed by atoms with Crippen molar-refractivity contribution in [3.63, 3.8) is 0 Å². The summed E-state index contributed by atoms with van der Waals surface area (Å²) in [6.07, 6.45) is 4.19. The Bertz CT molecular complexity index is 456. The molecule has 0 saturated heterocycles. The van der Waals surface area contributed by atoms with E-state index in [0.29, 0.717) is 23.2 Å². The Labute approximate surface area is 118 Å². The molecule has 1 fully saturated rings. The standard InChI is InChI=1S/C14H21ClN2O2/c1-9(2)17-8-11(15)6-13(17)14(19)16-7-10-3-4-12(18)5-10/h6,8-10,12,18H,3-5,7H2,1-2H3,(H,16,19). The summed E-state index contributed by atoms with van der Waals surface area (Å²) in [5.41, 5.74) is 0.596. The largest absolute Gasteiger partial charge is 0.393 e. The highest BCUT2D eigenvalue weighted by Crippen LogP contribution is 2.25. The van der Waals surface area contributed by atoms with Crippen LogP contribution in [-0.2, 0) is 0 Å². The van der Waals surface area contributed by atoms with E-state index in [1.807, 2.05) is 18.4 Å². The van der Waals surface area contributed by atoms with Gasteiger partial charge in [0, 0.05) is 18.8 Å². The number of hydrogen-bond acceptors (Lipinski definition) is 2. The van der Waals surface area contributed by atoms with Gasteiger partial charge in [0.25, 0.3) is 5.91 Å². The Hall–Kier alpha value is -1.00. The Kier molecular flexibility index (Phi) is 4.53. The molecule has 5 heteroatoms. The summed E-state index contributed by atoms with van der Waals surface area (Å²) < 4.78 is 1.88. The van der Waals surface area contributed by atoms with Crippen LogP contribution >= 0.6 is 11.6 Å². The van der Waals surface area contributed by atoms with Gasteiger partial charge in [-0.15, -0.1) is 0 Å². The molecule has 2 unspecified atom stereocenters. The molecule has 2 N–H and O–H groups in total. The van der Waals surface area contributed by atoms with E-state index in [4.69, 9.17) is 11.6 Å². The zero-order chi connectivity index (χ0) is 14.0. The third kappa shape index (κ3) is 3.51. The van der Waals surface area contributed by atoms with Crippen LogP contribution in [0.3, 0.4) is 0 Å². The van der Waals surface area contributed by atoms with E-state index in [1.165, 1.54) is 0 Å². The summed E-state index contributed by atoms with van der Waals surface area (Å²) in [5, 5.41) is 13.0. The molecule has 1 aliphatic rings. The van der Waals surface area contributed by atoms with Crippen molar-refractivity contribution in [2.24, 2.45) is 5.92 Å². The zero-order valence-corrected chi connectivity index (χ0v) is 12.2. The fourth-order valence-electron chi connectivity index (χ4n) is 2.62. The van der Waals surface area contributed by atoms with Crippen molar-refractivity contribution in [2.75, 3.05) is 6.54 Å². The van der Waals surface area contributed by atoms with Gasteiger partial charge < -0.3 is 15.0 Å². The summed E-state index contributed by atoms with van der Waals surface area (Å²) in [5.74, 6) is 0.291. The number of aromatic nitrogens is 1. The maximum Gasteiger partial charge on any atom is 0.267 e. The van der Waals surface area contributed by atoms with Gasteiger partial charge in [-0.3, -0.25) is 4.79 Å². The molecule has 1 heterocycles. The first-order valence-corrected chi connectivity index (χ1v) is 7.18. The predicted octanol–water partition coefficient (Wildman–Crippen LogP) is 2.61. The fourth-order valence-corrected chi connectivity index (χ4v) is 2.82. The minimum atomic E-state index is -0.198. The van der Waals surface area contributed by atoms with E-state index in [0.717, 1.165) is 19.3 Å². The van der Waals surface area contributed by atoms with E-state index in [2.05, 4.69) is 5.32 Å². The van der Waals surface area contributed by atoms with E-state index >= 15 is 0 Å². The summed E-state index contributed by atoms with van der Waals surface area (Å²) in [4.78, 5) is 12.2. The first-order valence-electron chi connectivity index (χ1n) is 6.81. The zero-order valence-electron chi connectivity index (χ0n) is 11.4. The van der Waals surface area contributed by atoms with Crippen LogP contribution in [-0.4, -0.2) is 28.2 Å². The predicted molar refractivity (Wildman–Crippen MR) is 75.5 cm³/mol. The number of nitrogens with one attached hydrogen (secondary N) is 1. The molecular weight excluding hydrogens is 264 g/mol. The molecule has 0 aliphatic heterocycles. The molecule has 1 aliphatic carbocycles. The Morgan fingerprint density at radius 3 is 2.89 bits per heavy atom. The molecule has 0 radical (unpaired) electrons. The molecule has 2 rings (SSSR count). The number of amides is 1. The van der Waals surface area contributed by atoms with E-state index < -0.39 is 0 Å². The van der Waals surface area contributed by atoms with Crippen LogP contribution in [0.2, 0.25) is 5.02 Å². The molecule has 0 bridgehead atoms. The van der Waals surface area contributed by atoms with Crippen LogP contribution in [0.5, 0.6) is 0 Å². The number of hydrogen-bond donors (Lipinski definition) is 2. The molecule has 0 spiro atoms. The minimum Gasteiger partial charge on any atom is -0.393 e. The third-order valence-electron chi connectivity index (χ3n) is 3.67. The van der Waals surface area contributed by atoms with Gasteiger partial charge in [-0.2, -0.15) is 0 Å². The van der Waals surface area contributed by atoms with Crippen LogP contribution in [0.15, 0.2) is 12.3 Å². The van der Waals surface area contributed by atoms with E-state index in [-0.39, 0.29) is 18.1 Å². The second-order valence-electron chi connectivity index (χ2n) is 5.59. The van der Waals surface area contributed by atoms with Crippen LogP contribution < -0.4 is 5.32 Å². The number of rotatable bonds is 4. The first kappa shape index (κ1) is 14.4. The lowest BCUT2D eigenvalue weighted by molar-refractivity contribution is 0.0934. The van der Waals surface area contributed by atoms with Gasteiger partial charge in [0.05, 0.1) is 11.1 Å². The monoisotopic (exact) mass is 284 g/mol. The second kappa shape index (κ2) is 5.97. The molecular formula is C14H21ClN2O2. The first-order chi connectivity index (χ1) is 8.97. The lowest BCUT2D eigenvalue weighted by Gasteiger charge is -2.14. The lowest BCUT2D eigenvalue weighted by Crippen LogP contribution is -2.30. The Balaban J connectivity index is 1.96. The molecule has 1 amide bonds. The topological polar surface area (TPSA) is 54.3 Å². The van der Waals surface area contributed by atoms with Crippen LogP contribution in [0.4, 0.5) is 0 Å². The fraction of sp³-hybridized carbons (Fsp3) is 0.643. The highest BCUT2D eigenvalue weighted by Gasteiger charge is 2.23. The summed E-state index contributed by atoms with van der Waals surface area (Å²) in [6.45, 7) is 4.65. The van der Waals surface area contributed by atoms with Gasteiger partial charge in [-0.1, -0.05) is 11.6 Å². The van der Waals surface area contributed by atoms with Crippen molar-refractivity contribution < 1.29 is 9.90 Å². The van der Waals surface area contributed by atoms with Crippen LogP contribution in [0.25, 0.3) is 0 Å². The van der Waals surface area contributed by atoms with Gasteiger partial charge in [-0.05, 0) is 45.1 Å². The number of carbonyl (C=O) groups excluding carboxylic acids is 1. The highest BCUT2D eigenvalue weighted by atomic mass is 35.5. The van der Waals surface area contributed by atoms with E-state index in [9.17, 15) is 9.90 Å². The molecule has 1 saturated carbocycles. The SMILES string of the molecule is CC(C)n1cc(Cl)cc1C(=O)NCC1CCC(O)C1. The van der Waals surface area contributed by atoms with Gasteiger partial charge in [0.15, 0.2) is 0 Å². The quantitative estimate of drug-likeness (QED) is 0.893. The third-order valence-corrected chi connectivity index (χ3v) is 3.88. The van der Waals surface area contributed by atoms with Gasteiger partial charge >= 0.3 is 0 Å².